The monoisotopic (exact) mass is 292 g/mol. The van der Waals surface area contributed by atoms with E-state index >= 15 is 0 Å². The fraction of sp³-hybridized carbons (Fsp3) is 0.200. The molecule has 0 radical (unpaired) electrons. The largest absolute Gasteiger partial charge is 0.478 e. The van der Waals surface area contributed by atoms with Gasteiger partial charge in [0.15, 0.2) is 0 Å². The van der Waals surface area contributed by atoms with E-state index in [-0.39, 0.29) is 5.88 Å². The molecule has 1 heterocycles. The van der Waals surface area contributed by atoms with Gasteiger partial charge >= 0.3 is 6.18 Å². The molecule has 0 aliphatic heterocycles. The van der Waals surface area contributed by atoms with Crippen molar-refractivity contribution in [2.75, 3.05) is 6.61 Å². The van der Waals surface area contributed by atoms with Gasteiger partial charge in [0.05, 0.1) is 29.5 Å². The Balaban J connectivity index is 2.42. The van der Waals surface area contributed by atoms with Crippen LogP contribution in [0.15, 0.2) is 36.4 Å². The van der Waals surface area contributed by atoms with Crippen LogP contribution in [0.3, 0.4) is 0 Å². The summed E-state index contributed by atoms with van der Waals surface area (Å²) in [7, 11) is 0. The maximum Gasteiger partial charge on any atom is 0.416 e. The van der Waals surface area contributed by atoms with E-state index in [1.165, 1.54) is 24.3 Å². The maximum atomic E-state index is 12.5. The SMILES string of the molecule is CCOc1cc(C#N)cc(-c2ccc(C(F)(F)F)cc2)n1. The van der Waals surface area contributed by atoms with E-state index in [9.17, 15) is 13.2 Å². The number of pyridine rings is 1. The van der Waals surface area contributed by atoms with E-state index in [4.69, 9.17) is 10.00 Å². The van der Waals surface area contributed by atoms with Crippen LogP contribution in [0.2, 0.25) is 0 Å². The summed E-state index contributed by atoms with van der Waals surface area (Å²) in [5, 5.41) is 8.97. The lowest BCUT2D eigenvalue weighted by Crippen LogP contribution is -2.04. The fourth-order valence-electron chi connectivity index (χ4n) is 1.77. The van der Waals surface area contributed by atoms with Crippen LogP contribution in [0.25, 0.3) is 11.3 Å². The van der Waals surface area contributed by atoms with E-state index in [1.807, 2.05) is 6.07 Å². The third-order valence-electron chi connectivity index (χ3n) is 2.73. The molecule has 0 atom stereocenters. The number of ether oxygens (including phenoxy) is 1. The van der Waals surface area contributed by atoms with Gasteiger partial charge in [0.25, 0.3) is 0 Å². The Bertz CT molecular complexity index is 673. The predicted octanol–water partition coefficient (Wildman–Crippen LogP) is 4.04. The van der Waals surface area contributed by atoms with Gasteiger partial charge in [0.2, 0.25) is 5.88 Å². The first kappa shape index (κ1) is 14.9. The minimum Gasteiger partial charge on any atom is -0.478 e. The van der Waals surface area contributed by atoms with E-state index in [0.29, 0.717) is 23.4 Å². The van der Waals surface area contributed by atoms with Crippen molar-refractivity contribution in [2.45, 2.75) is 13.1 Å². The van der Waals surface area contributed by atoms with Gasteiger partial charge in [-0.3, -0.25) is 0 Å². The summed E-state index contributed by atoms with van der Waals surface area (Å²) >= 11 is 0. The van der Waals surface area contributed by atoms with Crippen molar-refractivity contribution in [2.24, 2.45) is 0 Å². The van der Waals surface area contributed by atoms with Crippen molar-refractivity contribution in [3.05, 3.63) is 47.5 Å². The number of nitriles is 1. The second-order valence-electron chi connectivity index (χ2n) is 4.20. The molecule has 1 aromatic heterocycles. The molecule has 0 spiro atoms. The Hall–Kier alpha value is -2.55. The number of alkyl halides is 3. The van der Waals surface area contributed by atoms with E-state index in [0.717, 1.165) is 12.1 Å². The van der Waals surface area contributed by atoms with Crippen molar-refractivity contribution in [3.8, 4) is 23.2 Å². The van der Waals surface area contributed by atoms with Crippen molar-refractivity contribution < 1.29 is 17.9 Å². The van der Waals surface area contributed by atoms with Gasteiger partial charge in [-0.05, 0) is 25.1 Å². The average Bonchev–Trinajstić information content (AvgIpc) is 2.46. The molecule has 0 saturated carbocycles. The normalized spacial score (nSPS) is 11.0. The summed E-state index contributed by atoms with van der Waals surface area (Å²) in [4.78, 5) is 4.18. The second-order valence-corrected chi connectivity index (χ2v) is 4.20. The summed E-state index contributed by atoms with van der Waals surface area (Å²) < 4.78 is 42.8. The Labute approximate surface area is 119 Å². The fourth-order valence-corrected chi connectivity index (χ4v) is 1.77. The van der Waals surface area contributed by atoms with E-state index in [2.05, 4.69) is 4.98 Å². The molecule has 0 amide bonds. The zero-order chi connectivity index (χ0) is 15.5. The summed E-state index contributed by atoms with van der Waals surface area (Å²) in [5.74, 6) is 0.270. The molecule has 108 valence electrons. The standard InChI is InChI=1S/C15H11F3N2O/c1-2-21-14-8-10(9-19)7-13(20-14)11-3-5-12(6-4-11)15(16,17)18/h3-8H,2H2,1H3. The van der Waals surface area contributed by atoms with Crippen molar-refractivity contribution >= 4 is 0 Å². The molecular formula is C15H11F3N2O. The zero-order valence-electron chi connectivity index (χ0n) is 11.1. The van der Waals surface area contributed by atoms with Gasteiger partial charge in [0, 0.05) is 11.6 Å². The molecular weight excluding hydrogens is 281 g/mol. The minimum absolute atomic E-state index is 0.270. The topological polar surface area (TPSA) is 45.9 Å². The third kappa shape index (κ3) is 3.51. The molecule has 0 fully saturated rings. The molecule has 2 aromatic rings. The third-order valence-corrected chi connectivity index (χ3v) is 2.73. The highest BCUT2D eigenvalue weighted by Crippen LogP contribution is 2.31. The van der Waals surface area contributed by atoms with Crippen LogP contribution in [0, 0.1) is 11.3 Å². The summed E-state index contributed by atoms with van der Waals surface area (Å²) in [6.07, 6.45) is -4.38. The van der Waals surface area contributed by atoms with Crippen molar-refractivity contribution in [1.82, 2.24) is 4.98 Å². The Morgan fingerprint density at radius 3 is 2.38 bits per heavy atom. The van der Waals surface area contributed by atoms with Crippen LogP contribution in [-0.4, -0.2) is 11.6 Å². The number of nitrogens with zero attached hydrogens (tertiary/aromatic N) is 2. The molecule has 1 aromatic carbocycles. The predicted molar refractivity (Wildman–Crippen MR) is 70.6 cm³/mol. The first-order chi connectivity index (χ1) is 9.94. The second kappa shape index (κ2) is 5.83. The van der Waals surface area contributed by atoms with E-state index in [1.54, 1.807) is 6.92 Å². The number of halogens is 3. The number of rotatable bonds is 3. The molecule has 6 heteroatoms. The van der Waals surface area contributed by atoms with Gasteiger partial charge in [0.1, 0.15) is 0 Å². The molecule has 0 bridgehead atoms. The highest BCUT2D eigenvalue weighted by Gasteiger charge is 2.30. The smallest absolute Gasteiger partial charge is 0.416 e. The van der Waals surface area contributed by atoms with Crippen LogP contribution in [0.1, 0.15) is 18.1 Å². The molecule has 0 aliphatic rings. The van der Waals surface area contributed by atoms with Crippen LogP contribution in [-0.2, 0) is 6.18 Å². The number of aromatic nitrogens is 1. The molecule has 0 N–H and O–H groups in total. The van der Waals surface area contributed by atoms with Crippen LogP contribution < -0.4 is 4.74 Å². The van der Waals surface area contributed by atoms with Gasteiger partial charge in [-0.2, -0.15) is 18.4 Å². The van der Waals surface area contributed by atoms with Crippen LogP contribution >= 0.6 is 0 Å². The lowest BCUT2D eigenvalue weighted by molar-refractivity contribution is -0.137. The van der Waals surface area contributed by atoms with Gasteiger partial charge < -0.3 is 4.74 Å². The van der Waals surface area contributed by atoms with Crippen molar-refractivity contribution in [3.63, 3.8) is 0 Å². The van der Waals surface area contributed by atoms with Crippen LogP contribution in [0.5, 0.6) is 5.88 Å². The highest BCUT2D eigenvalue weighted by molar-refractivity contribution is 5.62. The molecule has 0 saturated heterocycles. The number of benzene rings is 1. The average molecular weight is 292 g/mol. The quantitative estimate of drug-likeness (QED) is 0.857. The molecule has 2 rings (SSSR count). The highest BCUT2D eigenvalue weighted by atomic mass is 19.4. The zero-order valence-corrected chi connectivity index (χ0v) is 11.1. The summed E-state index contributed by atoms with van der Waals surface area (Å²) in [5.41, 5.74) is 0.489. The van der Waals surface area contributed by atoms with Gasteiger partial charge in [-0.1, -0.05) is 12.1 Å². The molecule has 21 heavy (non-hydrogen) atoms. The summed E-state index contributed by atoms with van der Waals surface area (Å²) in [6.45, 7) is 2.16. The van der Waals surface area contributed by atoms with Crippen LogP contribution in [0.4, 0.5) is 13.2 Å². The Morgan fingerprint density at radius 1 is 1.19 bits per heavy atom. The lowest BCUT2D eigenvalue weighted by atomic mass is 10.1. The van der Waals surface area contributed by atoms with E-state index < -0.39 is 11.7 Å². The number of hydrogen-bond acceptors (Lipinski definition) is 3. The first-order valence-electron chi connectivity index (χ1n) is 6.16. The lowest BCUT2D eigenvalue weighted by Gasteiger charge is -2.09. The molecule has 3 nitrogen and oxygen atoms in total. The van der Waals surface area contributed by atoms with Gasteiger partial charge in [-0.15, -0.1) is 0 Å². The Kier molecular flexibility index (Phi) is 4.13. The minimum atomic E-state index is -4.38. The Morgan fingerprint density at radius 2 is 1.86 bits per heavy atom. The molecule has 0 unspecified atom stereocenters. The number of hydrogen-bond donors (Lipinski definition) is 0. The van der Waals surface area contributed by atoms with Gasteiger partial charge in [-0.25, -0.2) is 4.98 Å². The summed E-state index contributed by atoms with van der Waals surface area (Å²) in [6, 6.07) is 9.57. The van der Waals surface area contributed by atoms with Crippen molar-refractivity contribution in [1.29, 1.82) is 5.26 Å². The first-order valence-corrected chi connectivity index (χ1v) is 6.16. The molecule has 0 aliphatic carbocycles. The maximum absolute atomic E-state index is 12.5.